The Labute approximate surface area is 98.0 Å². The Balaban J connectivity index is 2.37. The lowest BCUT2D eigenvalue weighted by Crippen LogP contribution is -2.30. The van der Waals surface area contributed by atoms with E-state index in [1.165, 1.54) is 13.4 Å². The van der Waals surface area contributed by atoms with E-state index in [9.17, 15) is 4.79 Å². The first-order valence-electron chi connectivity index (χ1n) is 5.12. The standard InChI is InChI=1S/C10H13ClN2O3/c1-15-8-9(11)12-6-13(10(8)14)7-2-4-16-5-3-7/h6-7H,2-5H2,1H3. The minimum absolute atomic E-state index is 0.107. The topological polar surface area (TPSA) is 53.4 Å². The van der Waals surface area contributed by atoms with E-state index in [0.29, 0.717) is 13.2 Å². The summed E-state index contributed by atoms with van der Waals surface area (Å²) in [5.74, 6) is 0.107. The van der Waals surface area contributed by atoms with Gasteiger partial charge in [0.1, 0.15) is 0 Å². The first-order chi connectivity index (χ1) is 7.74. The second kappa shape index (κ2) is 4.84. The lowest BCUT2D eigenvalue weighted by Gasteiger charge is -2.24. The largest absolute Gasteiger partial charge is 0.489 e. The summed E-state index contributed by atoms with van der Waals surface area (Å²) in [5.41, 5.74) is -0.227. The summed E-state index contributed by atoms with van der Waals surface area (Å²) in [5, 5.41) is 0.107. The van der Waals surface area contributed by atoms with E-state index in [-0.39, 0.29) is 22.5 Å². The highest BCUT2D eigenvalue weighted by Crippen LogP contribution is 2.21. The summed E-state index contributed by atoms with van der Waals surface area (Å²) in [6.45, 7) is 1.34. The highest BCUT2D eigenvalue weighted by atomic mass is 35.5. The molecule has 0 aliphatic carbocycles. The maximum atomic E-state index is 12.0. The van der Waals surface area contributed by atoms with Crippen LogP contribution in [0.25, 0.3) is 0 Å². The van der Waals surface area contributed by atoms with Crippen molar-refractivity contribution in [3.05, 3.63) is 21.8 Å². The zero-order valence-corrected chi connectivity index (χ0v) is 9.74. The fraction of sp³-hybridized carbons (Fsp3) is 0.600. The number of methoxy groups -OCH3 is 1. The van der Waals surface area contributed by atoms with Crippen molar-refractivity contribution in [2.45, 2.75) is 18.9 Å². The van der Waals surface area contributed by atoms with Crippen LogP contribution in [-0.2, 0) is 4.74 Å². The number of rotatable bonds is 2. The van der Waals surface area contributed by atoms with Gasteiger partial charge in [0.2, 0.25) is 5.75 Å². The van der Waals surface area contributed by atoms with Gasteiger partial charge < -0.3 is 9.47 Å². The molecule has 88 valence electrons. The van der Waals surface area contributed by atoms with E-state index in [0.717, 1.165) is 12.8 Å². The molecule has 16 heavy (non-hydrogen) atoms. The molecule has 0 N–H and O–H groups in total. The van der Waals surface area contributed by atoms with Gasteiger partial charge in [-0.3, -0.25) is 9.36 Å². The second-order valence-electron chi connectivity index (χ2n) is 3.62. The quantitative estimate of drug-likeness (QED) is 0.735. The van der Waals surface area contributed by atoms with Gasteiger partial charge in [0.05, 0.1) is 13.4 Å². The molecule has 2 rings (SSSR count). The van der Waals surface area contributed by atoms with Gasteiger partial charge in [-0.25, -0.2) is 4.98 Å². The van der Waals surface area contributed by atoms with Crippen LogP contribution in [0.4, 0.5) is 0 Å². The second-order valence-corrected chi connectivity index (χ2v) is 3.98. The van der Waals surface area contributed by atoms with Crippen molar-refractivity contribution in [3.8, 4) is 5.75 Å². The Morgan fingerprint density at radius 3 is 2.88 bits per heavy atom. The Bertz CT molecular complexity index is 427. The summed E-state index contributed by atoms with van der Waals surface area (Å²) in [7, 11) is 1.42. The summed E-state index contributed by atoms with van der Waals surface area (Å²) in [6, 6.07) is 0.125. The molecule has 0 bridgehead atoms. The molecule has 1 aromatic rings. The number of halogens is 1. The van der Waals surface area contributed by atoms with Crippen LogP contribution in [0.3, 0.4) is 0 Å². The molecule has 0 spiro atoms. The van der Waals surface area contributed by atoms with Crippen LogP contribution in [0.15, 0.2) is 11.1 Å². The summed E-state index contributed by atoms with van der Waals surface area (Å²) < 4.78 is 11.8. The minimum Gasteiger partial charge on any atom is -0.489 e. The van der Waals surface area contributed by atoms with Crippen molar-refractivity contribution >= 4 is 11.6 Å². The third-order valence-corrected chi connectivity index (χ3v) is 2.97. The van der Waals surface area contributed by atoms with Crippen molar-refractivity contribution in [2.24, 2.45) is 0 Å². The molecule has 1 saturated heterocycles. The monoisotopic (exact) mass is 244 g/mol. The number of hydrogen-bond acceptors (Lipinski definition) is 4. The summed E-state index contributed by atoms with van der Waals surface area (Å²) in [6.07, 6.45) is 3.10. The molecule has 0 amide bonds. The molecule has 1 aliphatic heterocycles. The molecule has 0 atom stereocenters. The van der Waals surface area contributed by atoms with Crippen molar-refractivity contribution < 1.29 is 9.47 Å². The Morgan fingerprint density at radius 1 is 1.56 bits per heavy atom. The zero-order chi connectivity index (χ0) is 11.5. The molecule has 0 aromatic carbocycles. The highest BCUT2D eigenvalue weighted by Gasteiger charge is 2.19. The molecular weight excluding hydrogens is 232 g/mol. The van der Waals surface area contributed by atoms with Gasteiger partial charge in [0, 0.05) is 19.3 Å². The number of aromatic nitrogens is 2. The Kier molecular flexibility index (Phi) is 3.46. The van der Waals surface area contributed by atoms with Gasteiger partial charge in [0.15, 0.2) is 5.15 Å². The van der Waals surface area contributed by atoms with E-state index < -0.39 is 0 Å². The van der Waals surface area contributed by atoms with Crippen molar-refractivity contribution in [1.82, 2.24) is 9.55 Å². The van der Waals surface area contributed by atoms with Crippen LogP contribution < -0.4 is 10.3 Å². The summed E-state index contributed by atoms with van der Waals surface area (Å²) >= 11 is 5.77. The van der Waals surface area contributed by atoms with Crippen LogP contribution in [0.2, 0.25) is 5.15 Å². The molecule has 0 radical (unpaired) electrons. The van der Waals surface area contributed by atoms with E-state index in [1.807, 2.05) is 0 Å². The maximum Gasteiger partial charge on any atom is 0.297 e. The molecule has 1 fully saturated rings. The predicted molar refractivity (Wildman–Crippen MR) is 59.1 cm³/mol. The SMILES string of the molecule is COc1c(Cl)ncn(C2CCOCC2)c1=O. The lowest BCUT2D eigenvalue weighted by molar-refractivity contribution is 0.0681. The molecule has 0 saturated carbocycles. The van der Waals surface area contributed by atoms with E-state index >= 15 is 0 Å². The Hall–Kier alpha value is -1.07. The molecule has 6 heteroatoms. The average molecular weight is 245 g/mol. The molecular formula is C10H13ClN2O3. The van der Waals surface area contributed by atoms with Gasteiger partial charge >= 0.3 is 0 Å². The Morgan fingerprint density at radius 2 is 2.25 bits per heavy atom. The minimum atomic E-state index is -0.227. The van der Waals surface area contributed by atoms with Gasteiger partial charge in [-0.1, -0.05) is 11.6 Å². The van der Waals surface area contributed by atoms with E-state index in [1.54, 1.807) is 4.57 Å². The molecule has 5 nitrogen and oxygen atoms in total. The number of nitrogens with zero attached hydrogens (tertiary/aromatic N) is 2. The van der Waals surface area contributed by atoms with Crippen LogP contribution in [0.5, 0.6) is 5.75 Å². The highest BCUT2D eigenvalue weighted by molar-refractivity contribution is 6.30. The van der Waals surface area contributed by atoms with Crippen LogP contribution in [0, 0.1) is 0 Å². The van der Waals surface area contributed by atoms with Gasteiger partial charge in [-0.2, -0.15) is 0 Å². The van der Waals surface area contributed by atoms with Crippen LogP contribution >= 0.6 is 11.6 Å². The van der Waals surface area contributed by atoms with Gasteiger partial charge in [-0.05, 0) is 12.8 Å². The van der Waals surface area contributed by atoms with Crippen molar-refractivity contribution in [2.75, 3.05) is 20.3 Å². The number of hydrogen-bond donors (Lipinski definition) is 0. The average Bonchev–Trinajstić information content (AvgIpc) is 2.31. The van der Waals surface area contributed by atoms with Crippen molar-refractivity contribution in [3.63, 3.8) is 0 Å². The third-order valence-electron chi connectivity index (χ3n) is 2.70. The normalized spacial score (nSPS) is 17.4. The molecule has 0 unspecified atom stereocenters. The first-order valence-corrected chi connectivity index (χ1v) is 5.50. The van der Waals surface area contributed by atoms with Crippen molar-refractivity contribution in [1.29, 1.82) is 0 Å². The van der Waals surface area contributed by atoms with E-state index in [4.69, 9.17) is 21.1 Å². The maximum absolute atomic E-state index is 12.0. The summed E-state index contributed by atoms with van der Waals surface area (Å²) in [4.78, 5) is 15.9. The fourth-order valence-corrected chi connectivity index (χ4v) is 2.03. The smallest absolute Gasteiger partial charge is 0.297 e. The number of ether oxygens (including phenoxy) is 2. The van der Waals surface area contributed by atoms with Gasteiger partial charge in [0.25, 0.3) is 5.56 Å². The predicted octanol–water partition coefficient (Wildman–Crippen LogP) is 1.26. The third kappa shape index (κ3) is 2.05. The lowest BCUT2D eigenvalue weighted by atomic mass is 10.1. The van der Waals surface area contributed by atoms with Gasteiger partial charge in [-0.15, -0.1) is 0 Å². The molecule has 2 heterocycles. The molecule has 1 aromatic heterocycles. The first kappa shape index (κ1) is 11.4. The van der Waals surface area contributed by atoms with Crippen LogP contribution in [-0.4, -0.2) is 29.9 Å². The van der Waals surface area contributed by atoms with Crippen LogP contribution in [0.1, 0.15) is 18.9 Å². The fourth-order valence-electron chi connectivity index (χ4n) is 1.82. The molecule has 1 aliphatic rings. The zero-order valence-electron chi connectivity index (χ0n) is 8.98. The van der Waals surface area contributed by atoms with E-state index in [2.05, 4.69) is 4.98 Å².